The zero-order chi connectivity index (χ0) is 8.32. The second kappa shape index (κ2) is 3.78. The summed E-state index contributed by atoms with van der Waals surface area (Å²) < 4.78 is 0. The van der Waals surface area contributed by atoms with E-state index in [2.05, 4.69) is 19.0 Å². The Morgan fingerprint density at radius 3 is 2.55 bits per heavy atom. The molecule has 1 heterocycles. The molecule has 0 bridgehead atoms. The van der Waals surface area contributed by atoms with Gasteiger partial charge in [-0.25, -0.2) is 0 Å². The number of hydrogen-bond donors (Lipinski definition) is 1. The first-order chi connectivity index (χ1) is 5.21. The van der Waals surface area contributed by atoms with Gasteiger partial charge in [-0.15, -0.1) is 0 Å². The van der Waals surface area contributed by atoms with Crippen molar-refractivity contribution in [1.29, 1.82) is 0 Å². The number of rotatable bonds is 2. The molecule has 0 aromatic carbocycles. The van der Waals surface area contributed by atoms with Crippen molar-refractivity contribution >= 4 is 11.8 Å². The molecule has 1 unspecified atom stereocenters. The van der Waals surface area contributed by atoms with Gasteiger partial charge in [0, 0.05) is 17.8 Å². The predicted octanol–water partition coefficient (Wildman–Crippen LogP) is 0.773. The van der Waals surface area contributed by atoms with Crippen LogP contribution in [0.3, 0.4) is 0 Å². The van der Waals surface area contributed by atoms with Crippen molar-refractivity contribution in [3.05, 3.63) is 0 Å². The van der Waals surface area contributed by atoms with E-state index >= 15 is 0 Å². The molecule has 1 aliphatic heterocycles. The molecule has 66 valence electrons. The van der Waals surface area contributed by atoms with Crippen LogP contribution in [0.4, 0.5) is 0 Å². The van der Waals surface area contributed by atoms with E-state index in [4.69, 9.17) is 5.73 Å². The number of likely N-dealkylation sites (N-methyl/N-ethyl adjacent to an activating group) is 1. The zero-order valence-corrected chi connectivity index (χ0v) is 8.28. The standard InChI is InChI=1S/C8H18N2S/c1-10(2)8(6-9)4-3-5-11-7-8/h3-7,9H2,1-2H3. The molecular weight excluding hydrogens is 156 g/mol. The average molecular weight is 174 g/mol. The summed E-state index contributed by atoms with van der Waals surface area (Å²) in [5.74, 6) is 2.52. The summed E-state index contributed by atoms with van der Waals surface area (Å²) in [4.78, 5) is 2.29. The van der Waals surface area contributed by atoms with Gasteiger partial charge in [-0.2, -0.15) is 11.8 Å². The summed E-state index contributed by atoms with van der Waals surface area (Å²) in [5, 5.41) is 0. The van der Waals surface area contributed by atoms with Gasteiger partial charge >= 0.3 is 0 Å². The van der Waals surface area contributed by atoms with E-state index < -0.39 is 0 Å². The van der Waals surface area contributed by atoms with Crippen LogP contribution in [0.1, 0.15) is 12.8 Å². The van der Waals surface area contributed by atoms with E-state index in [-0.39, 0.29) is 0 Å². The molecule has 3 heteroatoms. The van der Waals surface area contributed by atoms with Crippen molar-refractivity contribution in [3.8, 4) is 0 Å². The Kier molecular flexibility index (Phi) is 3.22. The van der Waals surface area contributed by atoms with E-state index in [1.54, 1.807) is 0 Å². The topological polar surface area (TPSA) is 29.3 Å². The number of nitrogens with two attached hydrogens (primary N) is 1. The molecule has 2 N–H and O–H groups in total. The molecule has 0 aliphatic carbocycles. The van der Waals surface area contributed by atoms with Gasteiger partial charge in [0.1, 0.15) is 0 Å². The molecule has 0 saturated carbocycles. The van der Waals surface area contributed by atoms with Gasteiger partial charge in [0.25, 0.3) is 0 Å². The maximum Gasteiger partial charge on any atom is 0.0416 e. The summed E-state index contributed by atoms with van der Waals surface area (Å²) in [6, 6.07) is 0. The van der Waals surface area contributed by atoms with Crippen molar-refractivity contribution < 1.29 is 0 Å². The molecule has 1 aliphatic rings. The Hall–Kier alpha value is 0.270. The number of thioether (sulfide) groups is 1. The quantitative estimate of drug-likeness (QED) is 0.670. The van der Waals surface area contributed by atoms with Crippen LogP contribution < -0.4 is 5.73 Å². The zero-order valence-electron chi connectivity index (χ0n) is 7.47. The Labute approximate surface area is 73.5 Å². The monoisotopic (exact) mass is 174 g/mol. The third-order valence-corrected chi connectivity index (χ3v) is 3.95. The normalized spacial score (nSPS) is 32.7. The van der Waals surface area contributed by atoms with E-state index in [1.165, 1.54) is 24.3 Å². The summed E-state index contributed by atoms with van der Waals surface area (Å²) >= 11 is 2.03. The maximum absolute atomic E-state index is 5.78. The molecule has 0 amide bonds. The van der Waals surface area contributed by atoms with Crippen LogP contribution in [0.2, 0.25) is 0 Å². The molecule has 0 spiro atoms. The van der Waals surface area contributed by atoms with E-state index in [0.29, 0.717) is 5.54 Å². The van der Waals surface area contributed by atoms with Gasteiger partial charge in [0.2, 0.25) is 0 Å². The molecule has 1 fully saturated rings. The summed E-state index contributed by atoms with van der Waals surface area (Å²) in [6.45, 7) is 0.799. The lowest BCUT2D eigenvalue weighted by molar-refractivity contribution is 0.169. The van der Waals surface area contributed by atoms with Gasteiger partial charge in [-0.3, -0.25) is 0 Å². The van der Waals surface area contributed by atoms with Crippen molar-refractivity contribution in [2.45, 2.75) is 18.4 Å². The van der Waals surface area contributed by atoms with Gasteiger partial charge in [0.05, 0.1) is 0 Å². The van der Waals surface area contributed by atoms with E-state index in [0.717, 1.165) is 6.54 Å². The molecule has 0 aromatic rings. The first-order valence-corrected chi connectivity index (χ1v) is 5.32. The molecule has 1 rings (SSSR count). The molecule has 1 atom stereocenters. The fourth-order valence-electron chi connectivity index (χ4n) is 1.53. The first kappa shape index (κ1) is 9.36. The highest BCUT2D eigenvalue weighted by atomic mass is 32.2. The third kappa shape index (κ3) is 1.89. The SMILES string of the molecule is CN(C)C1(CN)CCCSC1. The summed E-state index contributed by atoms with van der Waals surface area (Å²) in [6.07, 6.45) is 2.59. The largest absolute Gasteiger partial charge is 0.329 e. The molecule has 11 heavy (non-hydrogen) atoms. The maximum atomic E-state index is 5.78. The summed E-state index contributed by atoms with van der Waals surface area (Å²) in [7, 11) is 4.28. The van der Waals surface area contributed by atoms with E-state index in [1.807, 2.05) is 11.8 Å². The van der Waals surface area contributed by atoms with Crippen molar-refractivity contribution in [2.75, 3.05) is 32.1 Å². The second-order valence-electron chi connectivity index (χ2n) is 3.48. The minimum absolute atomic E-state index is 0.295. The predicted molar refractivity (Wildman–Crippen MR) is 52.0 cm³/mol. The Bertz CT molecular complexity index is 119. The lowest BCUT2D eigenvalue weighted by Gasteiger charge is -2.41. The highest BCUT2D eigenvalue weighted by Gasteiger charge is 2.32. The van der Waals surface area contributed by atoms with Crippen LogP contribution in [0.15, 0.2) is 0 Å². The molecule has 2 nitrogen and oxygen atoms in total. The Morgan fingerprint density at radius 1 is 1.55 bits per heavy atom. The average Bonchev–Trinajstić information content (AvgIpc) is 2.05. The van der Waals surface area contributed by atoms with Crippen LogP contribution in [0.25, 0.3) is 0 Å². The fraction of sp³-hybridized carbons (Fsp3) is 1.00. The summed E-state index contributed by atoms with van der Waals surface area (Å²) in [5.41, 5.74) is 6.08. The van der Waals surface area contributed by atoms with Gasteiger partial charge in [0.15, 0.2) is 0 Å². The second-order valence-corrected chi connectivity index (χ2v) is 4.58. The molecule has 0 radical (unpaired) electrons. The van der Waals surface area contributed by atoms with Crippen molar-refractivity contribution in [2.24, 2.45) is 5.73 Å². The molecule has 1 saturated heterocycles. The Morgan fingerprint density at radius 2 is 2.27 bits per heavy atom. The molecule has 0 aromatic heterocycles. The molecular formula is C8H18N2S. The minimum Gasteiger partial charge on any atom is -0.329 e. The minimum atomic E-state index is 0.295. The lowest BCUT2D eigenvalue weighted by Crippen LogP contribution is -2.53. The van der Waals surface area contributed by atoms with Crippen LogP contribution in [-0.4, -0.2) is 42.6 Å². The van der Waals surface area contributed by atoms with E-state index in [9.17, 15) is 0 Å². The van der Waals surface area contributed by atoms with Crippen LogP contribution in [0.5, 0.6) is 0 Å². The van der Waals surface area contributed by atoms with Crippen LogP contribution in [0, 0.1) is 0 Å². The van der Waals surface area contributed by atoms with Gasteiger partial charge in [-0.05, 0) is 32.7 Å². The Balaban J connectivity index is 2.57. The lowest BCUT2D eigenvalue weighted by atomic mass is 9.94. The van der Waals surface area contributed by atoms with Crippen molar-refractivity contribution in [3.63, 3.8) is 0 Å². The fourth-order valence-corrected chi connectivity index (χ4v) is 2.93. The van der Waals surface area contributed by atoms with Crippen LogP contribution >= 0.6 is 11.8 Å². The third-order valence-electron chi connectivity index (χ3n) is 2.63. The first-order valence-electron chi connectivity index (χ1n) is 4.16. The smallest absolute Gasteiger partial charge is 0.0416 e. The number of hydrogen-bond acceptors (Lipinski definition) is 3. The van der Waals surface area contributed by atoms with Crippen LogP contribution in [-0.2, 0) is 0 Å². The van der Waals surface area contributed by atoms with Gasteiger partial charge in [-0.1, -0.05) is 0 Å². The highest BCUT2D eigenvalue weighted by molar-refractivity contribution is 7.99. The van der Waals surface area contributed by atoms with Gasteiger partial charge < -0.3 is 10.6 Å². The van der Waals surface area contributed by atoms with Crippen molar-refractivity contribution in [1.82, 2.24) is 4.90 Å². The number of nitrogens with zero attached hydrogens (tertiary/aromatic N) is 1. The highest BCUT2D eigenvalue weighted by Crippen LogP contribution is 2.29.